The molecule has 21 heavy (non-hydrogen) atoms. The molecule has 1 heterocycles. The van der Waals surface area contributed by atoms with Gasteiger partial charge in [0, 0.05) is 32.8 Å². The molecule has 1 aliphatic rings. The summed E-state index contributed by atoms with van der Waals surface area (Å²) in [5, 5.41) is 3.36. The summed E-state index contributed by atoms with van der Waals surface area (Å²) >= 11 is 0. The van der Waals surface area contributed by atoms with Crippen LogP contribution in [0.4, 0.5) is 0 Å². The molecule has 0 aliphatic carbocycles. The van der Waals surface area contributed by atoms with Crippen LogP contribution in [0.1, 0.15) is 11.1 Å². The normalized spacial score (nSPS) is 13.7. The maximum Gasteiger partial charge on any atom is 0.194 e. The van der Waals surface area contributed by atoms with Gasteiger partial charge in [0.05, 0.1) is 13.2 Å². The van der Waals surface area contributed by atoms with Gasteiger partial charge < -0.3 is 19.7 Å². The number of methoxy groups -OCH3 is 1. The van der Waals surface area contributed by atoms with Crippen molar-refractivity contribution in [2.75, 3.05) is 40.5 Å². The number of likely N-dealkylation sites (N-methyl/N-ethyl adjacent to an activating group) is 1. The number of ether oxygens (including phenoxy) is 2. The van der Waals surface area contributed by atoms with Gasteiger partial charge in [-0.25, -0.2) is 0 Å². The van der Waals surface area contributed by atoms with Gasteiger partial charge in [0.1, 0.15) is 12.4 Å². The number of nitrogens with one attached hydrogen (secondary N) is 1. The van der Waals surface area contributed by atoms with Crippen molar-refractivity contribution in [1.29, 1.82) is 0 Å². The second-order valence-electron chi connectivity index (χ2n) is 4.93. The average molecular weight is 405 g/mol. The number of aliphatic imine (C=N–C) groups is 1. The minimum atomic E-state index is 0. The fourth-order valence-corrected chi connectivity index (χ4v) is 2.07. The van der Waals surface area contributed by atoms with Gasteiger partial charge in [-0.1, -0.05) is 12.1 Å². The third-order valence-electron chi connectivity index (χ3n) is 3.26. The molecule has 118 valence electrons. The van der Waals surface area contributed by atoms with E-state index in [4.69, 9.17) is 9.47 Å². The molecule has 6 heteroatoms. The first-order valence-corrected chi connectivity index (χ1v) is 6.91. The highest BCUT2D eigenvalue weighted by molar-refractivity contribution is 14.0. The number of nitrogens with zero attached hydrogens (tertiary/aromatic N) is 2. The van der Waals surface area contributed by atoms with Crippen LogP contribution in [0.15, 0.2) is 23.2 Å². The Bertz CT molecular complexity index is 480. The van der Waals surface area contributed by atoms with E-state index in [0.717, 1.165) is 30.4 Å². The van der Waals surface area contributed by atoms with Gasteiger partial charge in [-0.15, -0.1) is 24.0 Å². The molecule has 0 fully saturated rings. The average Bonchev–Trinajstić information content (AvgIpc) is 2.84. The summed E-state index contributed by atoms with van der Waals surface area (Å²) in [5.41, 5.74) is 2.33. The highest BCUT2D eigenvalue weighted by Gasteiger charge is 2.12. The summed E-state index contributed by atoms with van der Waals surface area (Å²) in [6, 6.07) is 6.26. The zero-order valence-electron chi connectivity index (χ0n) is 12.9. The van der Waals surface area contributed by atoms with Gasteiger partial charge in [-0.3, -0.25) is 4.99 Å². The summed E-state index contributed by atoms with van der Waals surface area (Å²) in [5.74, 6) is 1.87. The van der Waals surface area contributed by atoms with Gasteiger partial charge in [0.2, 0.25) is 0 Å². The van der Waals surface area contributed by atoms with E-state index < -0.39 is 0 Å². The van der Waals surface area contributed by atoms with Crippen LogP contribution in [0.25, 0.3) is 0 Å². The van der Waals surface area contributed by atoms with Crippen molar-refractivity contribution in [3.05, 3.63) is 29.3 Å². The molecule has 1 N–H and O–H groups in total. The molecule has 0 amide bonds. The smallest absolute Gasteiger partial charge is 0.194 e. The highest BCUT2D eigenvalue weighted by atomic mass is 127. The Morgan fingerprint density at radius 2 is 2.14 bits per heavy atom. The zero-order valence-corrected chi connectivity index (χ0v) is 15.2. The number of benzene rings is 1. The number of aryl methyl sites for hydroxylation is 1. The standard InChI is InChI=1S/C15H23N3O2.HI/c1-12-4-5-13(14(10-12)20-9-8-19-3)11-17-15-16-6-7-18(15)2;/h4-5,10H,6-9,11H2,1-3H3,(H,16,17);1H. The van der Waals surface area contributed by atoms with Crippen molar-refractivity contribution in [2.45, 2.75) is 13.5 Å². The summed E-state index contributed by atoms with van der Waals surface area (Å²) in [6.07, 6.45) is 0. The third-order valence-corrected chi connectivity index (χ3v) is 3.26. The Kier molecular flexibility index (Phi) is 7.81. The van der Waals surface area contributed by atoms with E-state index in [1.54, 1.807) is 7.11 Å². The van der Waals surface area contributed by atoms with Gasteiger partial charge >= 0.3 is 0 Å². The molecule has 1 aromatic carbocycles. The van der Waals surface area contributed by atoms with Gasteiger partial charge in [-0.2, -0.15) is 0 Å². The van der Waals surface area contributed by atoms with Crippen molar-refractivity contribution in [3.63, 3.8) is 0 Å². The SMILES string of the molecule is COCCOc1cc(C)ccc1CNC1=NCCN1C.I. The van der Waals surface area contributed by atoms with Gasteiger partial charge in [-0.05, 0) is 18.6 Å². The Morgan fingerprint density at radius 1 is 1.33 bits per heavy atom. The first-order chi connectivity index (χ1) is 9.70. The molecule has 5 nitrogen and oxygen atoms in total. The molecule has 0 atom stereocenters. The molecular weight excluding hydrogens is 381 g/mol. The molecule has 2 rings (SSSR count). The lowest BCUT2D eigenvalue weighted by atomic mass is 10.1. The number of hydrogen-bond donors (Lipinski definition) is 1. The summed E-state index contributed by atoms with van der Waals surface area (Å²) in [4.78, 5) is 6.55. The molecule has 0 saturated carbocycles. The Hall–Kier alpha value is -1.02. The molecule has 0 unspecified atom stereocenters. The van der Waals surface area contributed by atoms with Crippen molar-refractivity contribution in [1.82, 2.24) is 10.2 Å². The van der Waals surface area contributed by atoms with Crippen LogP contribution in [-0.2, 0) is 11.3 Å². The lowest BCUT2D eigenvalue weighted by molar-refractivity contribution is 0.145. The fourth-order valence-electron chi connectivity index (χ4n) is 2.07. The van der Waals surface area contributed by atoms with Gasteiger partial charge in [0.25, 0.3) is 0 Å². The molecule has 0 saturated heterocycles. The van der Waals surface area contributed by atoms with E-state index >= 15 is 0 Å². The minimum Gasteiger partial charge on any atom is -0.491 e. The molecule has 0 aromatic heterocycles. The number of halogens is 1. The maximum atomic E-state index is 5.78. The van der Waals surface area contributed by atoms with Crippen molar-refractivity contribution in [3.8, 4) is 5.75 Å². The first-order valence-electron chi connectivity index (χ1n) is 6.91. The summed E-state index contributed by atoms with van der Waals surface area (Å²) in [7, 11) is 3.72. The second-order valence-corrected chi connectivity index (χ2v) is 4.93. The largest absolute Gasteiger partial charge is 0.491 e. The van der Waals surface area contributed by atoms with E-state index in [1.807, 2.05) is 7.05 Å². The fraction of sp³-hybridized carbons (Fsp3) is 0.533. The molecule has 1 aromatic rings. The van der Waals surface area contributed by atoms with E-state index in [2.05, 4.69) is 40.3 Å². The quantitative estimate of drug-likeness (QED) is 0.581. The summed E-state index contributed by atoms with van der Waals surface area (Å²) < 4.78 is 10.8. The molecule has 1 aliphatic heterocycles. The number of hydrogen-bond acceptors (Lipinski definition) is 5. The maximum absolute atomic E-state index is 5.78. The Morgan fingerprint density at radius 3 is 2.81 bits per heavy atom. The van der Waals surface area contributed by atoms with Crippen LogP contribution in [0.3, 0.4) is 0 Å². The van der Waals surface area contributed by atoms with Crippen LogP contribution in [0.5, 0.6) is 5.75 Å². The van der Waals surface area contributed by atoms with Crippen LogP contribution >= 0.6 is 24.0 Å². The number of rotatable bonds is 6. The van der Waals surface area contributed by atoms with Gasteiger partial charge in [0.15, 0.2) is 5.96 Å². The molecular formula is C15H24IN3O2. The number of guanidine groups is 1. The lowest BCUT2D eigenvalue weighted by Crippen LogP contribution is -2.35. The Labute approximate surface area is 143 Å². The van der Waals surface area contributed by atoms with Crippen molar-refractivity contribution in [2.24, 2.45) is 4.99 Å². The predicted octanol–water partition coefficient (Wildman–Crippen LogP) is 2.03. The lowest BCUT2D eigenvalue weighted by Gasteiger charge is -2.17. The zero-order chi connectivity index (χ0) is 14.4. The predicted molar refractivity (Wildman–Crippen MR) is 95.7 cm³/mol. The van der Waals surface area contributed by atoms with E-state index in [0.29, 0.717) is 19.8 Å². The first kappa shape index (κ1) is 18.0. The van der Waals surface area contributed by atoms with Crippen LogP contribution < -0.4 is 10.1 Å². The van der Waals surface area contributed by atoms with E-state index in [9.17, 15) is 0 Å². The molecule has 0 bridgehead atoms. The third kappa shape index (κ3) is 5.35. The second kappa shape index (κ2) is 9.09. The van der Waals surface area contributed by atoms with Crippen molar-refractivity contribution >= 4 is 29.9 Å². The van der Waals surface area contributed by atoms with E-state index in [1.165, 1.54) is 5.56 Å². The molecule has 0 radical (unpaired) electrons. The molecule has 0 spiro atoms. The van der Waals surface area contributed by atoms with Crippen LogP contribution in [0.2, 0.25) is 0 Å². The topological polar surface area (TPSA) is 46.1 Å². The van der Waals surface area contributed by atoms with E-state index in [-0.39, 0.29) is 24.0 Å². The van der Waals surface area contributed by atoms with Crippen LogP contribution in [-0.4, -0.2) is 51.3 Å². The monoisotopic (exact) mass is 405 g/mol. The van der Waals surface area contributed by atoms with Crippen molar-refractivity contribution < 1.29 is 9.47 Å². The summed E-state index contributed by atoms with van der Waals surface area (Å²) in [6.45, 7) is 5.78. The highest BCUT2D eigenvalue weighted by Crippen LogP contribution is 2.20. The Balaban J connectivity index is 0.00000220. The van der Waals surface area contributed by atoms with Crippen LogP contribution in [0, 0.1) is 6.92 Å². The minimum absolute atomic E-state index is 0.